The van der Waals surface area contributed by atoms with Gasteiger partial charge in [-0.3, -0.25) is 14.2 Å². The molecule has 0 atom stereocenters. The zero-order chi connectivity index (χ0) is 26.1. The molecule has 1 aromatic carbocycles. The van der Waals surface area contributed by atoms with E-state index < -0.39 is 0 Å². The van der Waals surface area contributed by atoms with Crippen LogP contribution < -0.4 is 15.4 Å². The number of Topliss-reactive ketones (excluding diaryl/α,β-unsaturated/α-hetero) is 1. The van der Waals surface area contributed by atoms with Crippen molar-refractivity contribution in [3.05, 3.63) is 54.1 Å². The molecule has 5 rings (SSSR count). The molecule has 0 saturated heterocycles. The quantitative estimate of drug-likeness (QED) is 0.289. The molecular weight excluding hydrogens is 472 g/mol. The first-order valence-electron chi connectivity index (χ1n) is 12.2. The minimum atomic E-state index is -0.257. The lowest BCUT2D eigenvalue weighted by Gasteiger charge is -2.32. The van der Waals surface area contributed by atoms with Gasteiger partial charge in [0.15, 0.2) is 23.2 Å². The van der Waals surface area contributed by atoms with Crippen molar-refractivity contribution in [2.75, 3.05) is 17.7 Å². The van der Waals surface area contributed by atoms with Crippen molar-refractivity contribution in [1.29, 1.82) is 0 Å². The predicted molar refractivity (Wildman–Crippen MR) is 140 cm³/mol. The van der Waals surface area contributed by atoms with Gasteiger partial charge in [-0.05, 0) is 31.9 Å². The van der Waals surface area contributed by atoms with Gasteiger partial charge in [-0.1, -0.05) is 13.0 Å². The van der Waals surface area contributed by atoms with E-state index in [1.54, 1.807) is 37.4 Å². The number of aliphatic hydroxyl groups is 1. The van der Waals surface area contributed by atoms with Crippen LogP contribution in [0.25, 0.3) is 11.4 Å². The van der Waals surface area contributed by atoms with Crippen molar-refractivity contribution in [2.45, 2.75) is 45.3 Å². The third kappa shape index (κ3) is 4.90. The molecule has 3 heterocycles. The molecule has 1 fully saturated rings. The summed E-state index contributed by atoms with van der Waals surface area (Å²) in [5.74, 6) is 2.25. The van der Waals surface area contributed by atoms with Crippen molar-refractivity contribution >= 4 is 28.8 Å². The Balaban J connectivity index is 1.47. The van der Waals surface area contributed by atoms with E-state index in [0.717, 1.165) is 11.3 Å². The summed E-state index contributed by atoms with van der Waals surface area (Å²) >= 11 is 0. The van der Waals surface area contributed by atoms with Crippen molar-refractivity contribution < 1.29 is 14.6 Å². The third-order valence-corrected chi connectivity index (χ3v) is 6.47. The van der Waals surface area contributed by atoms with Gasteiger partial charge in [0.05, 0.1) is 41.8 Å². The second kappa shape index (κ2) is 10.0. The Hall–Kier alpha value is -4.25. The van der Waals surface area contributed by atoms with E-state index in [0.29, 0.717) is 59.4 Å². The number of ketones is 1. The predicted octanol–water partition coefficient (Wildman–Crippen LogP) is 4.17. The Morgan fingerprint density at radius 2 is 1.95 bits per heavy atom. The number of hydrogen-bond donors (Lipinski definition) is 3. The van der Waals surface area contributed by atoms with Crippen molar-refractivity contribution in [2.24, 2.45) is 7.05 Å². The topological polar surface area (TPSA) is 132 Å². The van der Waals surface area contributed by atoms with Crippen LogP contribution in [0.4, 0.5) is 23.0 Å². The van der Waals surface area contributed by atoms with Crippen molar-refractivity contribution in [1.82, 2.24) is 29.5 Å². The highest BCUT2D eigenvalue weighted by atomic mass is 16.5. The number of carbonyl (C=O) groups is 1. The fraction of sp³-hybridized carbons (Fsp3) is 0.346. The maximum Gasteiger partial charge on any atom is 0.184 e. The summed E-state index contributed by atoms with van der Waals surface area (Å²) < 4.78 is 9.29. The van der Waals surface area contributed by atoms with Crippen LogP contribution in [0.5, 0.6) is 5.75 Å². The fourth-order valence-electron chi connectivity index (χ4n) is 4.49. The van der Waals surface area contributed by atoms with Crippen LogP contribution in [0.3, 0.4) is 0 Å². The Morgan fingerprint density at radius 1 is 1.14 bits per heavy atom. The second-order valence-electron chi connectivity index (χ2n) is 9.16. The number of para-hydroxylation sites is 1. The molecule has 0 unspecified atom stereocenters. The number of pyridine rings is 1. The lowest BCUT2D eigenvalue weighted by molar-refractivity contribution is 0.0427. The standard InChI is InChI=1S/C26H30N8O3/c1-5-22(36)19-13-27-23(30-24-9-15(2)34(31-24)16-10-17(35)11-16)12-21(19)29-20-8-6-7-18(25(20)37-4)26-28-14-33(3)32-26/h6-9,12-14,16-17,35H,5,10-11H2,1-4H3,(H2,27,29,30,31). The second-order valence-corrected chi connectivity index (χ2v) is 9.16. The first-order chi connectivity index (χ1) is 17.9. The van der Waals surface area contributed by atoms with Crippen LogP contribution in [0, 0.1) is 6.92 Å². The summed E-state index contributed by atoms with van der Waals surface area (Å²) in [6.45, 7) is 3.81. The average Bonchev–Trinajstić information content (AvgIpc) is 3.46. The van der Waals surface area contributed by atoms with Crippen LogP contribution in [0.15, 0.2) is 42.9 Å². The lowest BCUT2D eigenvalue weighted by Crippen LogP contribution is -2.31. The number of aliphatic hydroxyl groups excluding tert-OH is 1. The number of nitrogens with one attached hydrogen (secondary N) is 2. The molecule has 1 aliphatic rings. The summed E-state index contributed by atoms with van der Waals surface area (Å²) in [5, 5.41) is 25.3. The van der Waals surface area contributed by atoms with Gasteiger partial charge in [-0.2, -0.15) is 10.2 Å². The van der Waals surface area contributed by atoms with E-state index in [9.17, 15) is 9.90 Å². The average molecular weight is 503 g/mol. The Labute approximate surface area is 214 Å². The number of carbonyl (C=O) groups excluding carboxylic acids is 1. The molecule has 1 saturated carbocycles. The number of rotatable bonds is 9. The van der Waals surface area contributed by atoms with E-state index >= 15 is 0 Å². The van der Waals surface area contributed by atoms with Crippen LogP contribution in [-0.2, 0) is 7.05 Å². The van der Waals surface area contributed by atoms with E-state index in [4.69, 9.17) is 4.74 Å². The molecule has 0 spiro atoms. The first-order valence-corrected chi connectivity index (χ1v) is 12.2. The molecule has 1 aliphatic carbocycles. The normalized spacial score (nSPS) is 16.8. The van der Waals surface area contributed by atoms with Gasteiger partial charge in [-0.15, -0.1) is 0 Å². The Morgan fingerprint density at radius 3 is 2.62 bits per heavy atom. The molecule has 0 bridgehead atoms. The van der Waals surface area contributed by atoms with E-state index in [1.807, 2.05) is 42.8 Å². The summed E-state index contributed by atoms with van der Waals surface area (Å²) in [6, 6.07) is 9.57. The maximum atomic E-state index is 12.7. The summed E-state index contributed by atoms with van der Waals surface area (Å²) in [4.78, 5) is 21.6. The van der Waals surface area contributed by atoms with Crippen LogP contribution in [-0.4, -0.2) is 53.6 Å². The molecule has 3 aromatic heterocycles. The number of aromatic nitrogens is 6. The number of nitrogens with zero attached hydrogens (tertiary/aromatic N) is 6. The number of methoxy groups -OCH3 is 1. The van der Waals surface area contributed by atoms with E-state index in [-0.39, 0.29) is 17.9 Å². The Bertz CT molecular complexity index is 1440. The highest BCUT2D eigenvalue weighted by molar-refractivity contribution is 6.02. The molecule has 4 aromatic rings. The highest BCUT2D eigenvalue weighted by Gasteiger charge is 2.30. The molecular formula is C26H30N8O3. The van der Waals surface area contributed by atoms with Crippen molar-refractivity contribution in [3.8, 4) is 17.1 Å². The van der Waals surface area contributed by atoms with Crippen LogP contribution >= 0.6 is 0 Å². The van der Waals surface area contributed by atoms with Crippen LogP contribution in [0.1, 0.15) is 48.3 Å². The largest absolute Gasteiger partial charge is 0.494 e. The SMILES string of the molecule is CCC(=O)c1cnc(Nc2cc(C)n(C3CC(O)C3)n2)cc1Nc1cccc(-c2ncn(C)n2)c1OC. The zero-order valence-corrected chi connectivity index (χ0v) is 21.3. The Kier molecular flexibility index (Phi) is 6.62. The number of benzene rings is 1. The van der Waals surface area contributed by atoms with E-state index in [2.05, 4.69) is 30.8 Å². The van der Waals surface area contributed by atoms with E-state index in [1.165, 1.54) is 0 Å². The van der Waals surface area contributed by atoms with Gasteiger partial charge >= 0.3 is 0 Å². The van der Waals surface area contributed by atoms with Crippen molar-refractivity contribution in [3.63, 3.8) is 0 Å². The molecule has 11 nitrogen and oxygen atoms in total. The number of ether oxygens (including phenoxy) is 1. The first kappa shape index (κ1) is 24.4. The van der Waals surface area contributed by atoms with Gasteiger partial charge in [0, 0.05) is 37.5 Å². The summed E-state index contributed by atoms with van der Waals surface area (Å²) in [5.41, 5.74) is 3.46. The molecule has 0 aliphatic heterocycles. The maximum absolute atomic E-state index is 12.7. The molecule has 11 heteroatoms. The molecule has 37 heavy (non-hydrogen) atoms. The summed E-state index contributed by atoms with van der Waals surface area (Å²) in [6.07, 6.45) is 4.69. The van der Waals surface area contributed by atoms with Gasteiger partial charge in [0.25, 0.3) is 0 Å². The fourth-order valence-corrected chi connectivity index (χ4v) is 4.49. The minimum absolute atomic E-state index is 0.0354. The lowest BCUT2D eigenvalue weighted by atomic mass is 9.89. The molecule has 0 radical (unpaired) electrons. The molecule has 0 amide bonds. The minimum Gasteiger partial charge on any atom is -0.494 e. The molecule has 192 valence electrons. The van der Waals surface area contributed by atoms with Gasteiger partial charge in [0.1, 0.15) is 12.1 Å². The number of anilines is 4. The number of aryl methyl sites for hydroxylation is 2. The highest BCUT2D eigenvalue weighted by Crippen LogP contribution is 2.38. The third-order valence-electron chi connectivity index (χ3n) is 6.47. The monoisotopic (exact) mass is 502 g/mol. The van der Waals surface area contributed by atoms with Gasteiger partial charge in [0.2, 0.25) is 0 Å². The smallest absolute Gasteiger partial charge is 0.184 e. The van der Waals surface area contributed by atoms with Gasteiger partial charge in [-0.25, -0.2) is 9.97 Å². The van der Waals surface area contributed by atoms with Crippen LogP contribution in [0.2, 0.25) is 0 Å². The van der Waals surface area contributed by atoms with Gasteiger partial charge < -0.3 is 20.5 Å². The number of hydrogen-bond acceptors (Lipinski definition) is 9. The summed E-state index contributed by atoms with van der Waals surface area (Å²) in [7, 11) is 3.39. The zero-order valence-electron chi connectivity index (χ0n) is 21.3. The molecule has 3 N–H and O–H groups in total.